The number of aromatic nitrogens is 2. The van der Waals surface area contributed by atoms with Crippen LogP contribution in [0.2, 0.25) is 20.1 Å². The van der Waals surface area contributed by atoms with E-state index in [1.165, 1.54) is 12.1 Å². The number of para-hydroxylation sites is 1. The van der Waals surface area contributed by atoms with Crippen molar-refractivity contribution in [2.75, 3.05) is 22.9 Å². The molecule has 1 aliphatic heterocycles. The van der Waals surface area contributed by atoms with Crippen LogP contribution in [-0.4, -0.2) is 38.1 Å². The van der Waals surface area contributed by atoms with Gasteiger partial charge >= 0.3 is 7.12 Å². The molecule has 1 aliphatic rings. The van der Waals surface area contributed by atoms with Crippen LogP contribution in [0.1, 0.15) is 27.7 Å². The fourth-order valence-corrected chi connectivity index (χ4v) is 8.20. The van der Waals surface area contributed by atoms with Crippen molar-refractivity contribution in [3.8, 4) is 10.6 Å². The number of benzene rings is 5. The summed E-state index contributed by atoms with van der Waals surface area (Å²) in [5.41, 5.74) is 25.0. The van der Waals surface area contributed by atoms with E-state index in [2.05, 4.69) is 73.7 Å². The summed E-state index contributed by atoms with van der Waals surface area (Å²) in [6, 6.07) is 25.6. The summed E-state index contributed by atoms with van der Waals surface area (Å²) in [7, 11) is -0.462. The summed E-state index contributed by atoms with van der Waals surface area (Å²) in [6.45, 7) is 8.03. The van der Waals surface area contributed by atoms with Crippen molar-refractivity contribution in [3.05, 3.63) is 172 Å². The molecule has 25 heteroatoms. The molecule has 0 atom stereocenters. The van der Waals surface area contributed by atoms with Crippen molar-refractivity contribution in [1.29, 1.82) is 0 Å². The first kappa shape index (κ1) is 57.7. The molecule has 354 valence electrons. The van der Waals surface area contributed by atoms with Gasteiger partial charge in [0.2, 0.25) is 0 Å². The van der Waals surface area contributed by atoms with Crippen molar-refractivity contribution >= 4 is 180 Å². The van der Waals surface area contributed by atoms with Gasteiger partial charge < -0.3 is 32.2 Å². The van der Waals surface area contributed by atoms with E-state index in [0.717, 1.165) is 24.4 Å². The fraction of sp³-hybridized carbons (Fsp3) is 0.143. The highest BCUT2D eigenvalue weighted by atomic mass is 79.9. The van der Waals surface area contributed by atoms with Crippen LogP contribution in [0.4, 0.5) is 34.1 Å². The monoisotopic (exact) mass is 1280 g/mol. The Kier molecular flexibility index (Phi) is 23.3. The third kappa shape index (κ3) is 17.1. The maximum atomic E-state index is 10.3. The van der Waals surface area contributed by atoms with Gasteiger partial charge in [0.1, 0.15) is 15.7 Å². The average molecular weight is 1290 g/mol. The van der Waals surface area contributed by atoms with E-state index in [1.54, 1.807) is 77.5 Å². The lowest BCUT2D eigenvalue weighted by molar-refractivity contribution is -0.384. The predicted molar refractivity (Wildman–Crippen MR) is 293 cm³/mol. The summed E-state index contributed by atoms with van der Waals surface area (Å²) < 4.78 is 14.7. The van der Waals surface area contributed by atoms with E-state index in [1.807, 2.05) is 74.9 Å². The molecule has 67 heavy (non-hydrogen) atoms. The Morgan fingerprint density at radius 3 is 1.46 bits per heavy atom. The molecule has 1 fully saturated rings. The zero-order valence-corrected chi connectivity index (χ0v) is 46.4. The van der Waals surface area contributed by atoms with Crippen molar-refractivity contribution in [3.63, 3.8) is 0 Å². The van der Waals surface area contributed by atoms with Gasteiger partial charge in [-0.15, -0.1) is 22.7 Å². The van der Waals surface area contributed by atoms with Gasteiger partial charge in [-0.3, -0.25) is 20.2 Å². The molecule has 0 spiro atoms. The molecule has 7 aromatic rings. The van der Waals surface area contributed by atoms with Crippen LogP contribution in [0.5, 0.6) is 0 Å². The zero-order chi connectivity index (χ0) is 50.2. The number of nitro benzene ring substituents is 2. The van der Waals surface area contributed by atoms with Gasteiger partial charge in [0, 0.05) is 65.4 Å². The quantitative estimate of drug-likeness (QED) is 0.0558. The van der Waals surface area contributed by atoms with Gasteiger partial charge in [-0.1, -0.05) is 88.9 Å². The molecule has 0 aliphatic carbocycles. The van der Waals surface area contributed by atoms with Crippen LogP contribution in [0.3, 0.4) is 0 Å². The highest BCUT2D eigenvalue weighted by Gasteiger charge is 2.52. The molecular formula is C42H39BBr4Cl4N8O6S2. The number of nitrogen functional groups attached to an aromatic ring is 4. The summed E-state index contributed by atoms with van der Waals surface area (Å²) in [4.78, 5) is 27.5. The minimum atomic E-state index is -0.521. The van der Waals surface area contributed by atoms with Gasteiger partial charge in [-0.25, -0.2) is 9.97 Å². The topological polar surface area (TPSA) is 235 Å². The maximum Gasteiger partial charge on any atom is 0.496 e. The van der Waals surface area contributed by atoms with E-state index < -0.39 is 17.0 Å². The largest absolute Gasteiger partial charge is 0.496 e. The molecule has 5 aromatic carbocycles. The standard InChI is InChI=1S/C12H17BClNO2.C9H7ClN2S.C6H3BrClNO2.C6H5BrClN.C6H5BrN2O2.C3H2BrNS/c1-11(2)12(3,4)17-13(16-11)8-6-5-7-9(15)10(8)14;10-8-6(2-1-3-7(8)11)9-12-4-5-13-9;7-4-2-1-3-5(6(4)8)9(10)11;7-4-2-1-3-5(9)6(4)8;7-4-2-1-3-5(6(4)8)9(10)11;4-3-5-1-2-6-3/h5-7H,15H2,1-4H3;1-5H,11H2;1-3H;1-3H,9H2;1-3H,8H2;1-2H. The lowest BCUT2D eigenvalue weighted by Gasteiger charge is -2.32. The van der Waals surface area contributed by atoms with Gasteiger partial charge in [0.05, 0.1) is 47.5 Å². The van der Waals surface area contributed by atoms with Gasteiger partial charge in [0.15, 0.2) is 3.92 Å². The molecular weight excluding hydrogens is 1250 g/mol. The summed E-state index contributed by atoms with van der Waals surface area (Å²) in [5.74, 6) is 0. The Bertz CT molecular complexity index is 2650. The molecule has 0 unspecified atom stereocenters. The molecule has 8 rings (SSSR count). The molecule has 0 radical (unpaired) electrons. The highest BCUT2D eigenvalue weighted by molar-refractivity contribution is 9.11. The van der Waals surface area contributed by atoms with Gasteiger partial charge in [0.25, 0.3) is 11.4 Å². The van der Waals surface area contributed by atoms with E-state index in [4.69, 9.17) is 78.6 Å². The fourth-order valence-electron chi connectivity index (χ4n) is 4.84. The number of thiazole rings is 2. The zero-order valence-electron chi connectivity index (χ0n) is 35.4. The Balaban J connectivity index is 0.000000218. The van der Waals surface area contributed by atoms with Crippen molar-refractivity contribution in [1.82, 2.24) is 9.97 Å². The van der Waals surface area contributed by atoms with Crippen LogP contribution >= 0.6 is 133 Å². The van der Waals surface area contributed by atoms with Crippen LogP contribution in [-0.2, 0) is 9.31 Å². The van der Waals surface area contributed by atoms with Gasteiger partial charge in [-0.05, 0) is 128 Å². The first-order valence-electron chi connectivity index (χ1n) is 18.7. The normalized spacial score (nSPS) is 12.7. The first-order chi connectivity index (χ1) is 31.4. The molecule has 2 aromatic heterocycles. The second-order valence-electron chi connectivity index (χ2n) is 14.1. The second-order valence-corrected chi connectivity index (χ2v) is 21.2. The lowest BCUT2D eigenvalue weighted by atomic mass is 9.79. The molecule has 3 heterocycles. The van der Waals surface area contributed by atoms with Crippen molar-refractivity contribution in [2.45, 2.75) is 38.9 Å². The van der Waals surface area contributed by atoms with Crippen LogP contribution < -0.4 is 28.4 Å². The molecule has 14 nitrogen and oxygen atoms in total. The minimum Gasteiger partial charge on any atom is -0.399 e. The Morgan fingerprint density at radius 1 is 0.582 bits per heavy atom. The predicted octanol–water partition coefficient (Wildman–Crippen LogP) is 14.8. The number of hydrogen-bond acceptors (Lipinski definition) is 14. The van der Waals surface area contributed by atoms with E-state index in [9.17, 15) is 20.2 Å². The Morgan fingerprint density at radius 2 is 1.03 bits per heavy atom. The Labute approximate surface area is 448 Å². The third-order valence-corrected chi connectivity index (χ3v) is 15.3. The smallest absolute Gasteiger partial charge is 0.399 e. The number of rotatable bonds is 4. The van der Waals surface area contributed by atoms with Gasteiger partial charge in [-0.2, -0.15) is 0 Å². The second kappa shape index (κ2) is 27.0. The minimum absolute atomic E-state index is 0.0700. The molecule has 0 saturated carbocycles. The molecule has 0 bridgehead atoms. The maximum absolute atomic E-state index is 10.3. The van der Waals surface area contributed by atoms with Crippen LogP contribution in [0.15, 0.2) is 131 Å². The number of nitrogens with two attached hydrogens (primary N) is 4. The number of nitro groups is 2. The van der Waals surface area contributed by atoms with E-state index in [-0.39, 0.29) is 33.3 Å². The summed E-state index contributed by atoms with van der Waals surface area (Å²) in [6.07, 6.45) is 3.51. The van der Waals surface area contributed by atoms with Crippen LogP contribution in [0.25, 0.3) is 10.6 Å². The van der Waals surface area contributed by atoms with Crippen molar-refractivity contribution < 1.29 is 19.2 Å². The Hall–Kier alpha value is -3.58. The SMILES string of the molecule is Brc1nccs1.CC1(C)OB(c2cccc(N)c2Cl)OC1(C)C.Nc1c(Br)cccc1[N+](=O)[O-].Nc1cccc(-c2nccs2)c1Cl.Nc1cccc(Br)c1Cl.O=[N+]([O-])c1cccc(Br)c1Cl. The summed E-state index contributed by atoms with van der Waals surface area (Å²) >= 11 is 39.2. The number of nitrogens with zero attached hydrogens (tertiary/aromatic N) is 4. The highest BCUT2D eigenvalue weighted by Crippen LogP contribution is 2.38. The molecule has 1 saturated heterocycles. The lowest BCUT2D eigenvalue weighted by Crippen LogP contribution is -2.41. The number of hydrogen-bond donors (Lipinski definition) is 4. The van der Waals surface area contributed by atoms with E-state index >= 15 is 0 Å². The van der Waals surface area contributed by atoms with Crippen LogP contribution in [0, 0.1) is 20.2 Å². The number of halogens is 8. The average Bonchev–Trinajstić information content (AvgIpc) is 4.03. The van der Waals surface area contributed by atoms with Crippen molar-refractivity contribution in [2.24, 2.45) is 0 Å². The number of anilines is 4. The molecule has 8 N–H and O–H groups in total. The van der Waals surface area contributed by atoms with E-state index in [0.29, 0.717) is 41.1 Å². The summed E-state index contributed by atoms with van der Waals surface area (Å²) in [5, 5.41) is 27.1. The first-order valence-corrected chi connectivity index (χ1v) is 25.2. The third-order valence-electron chi connectivity index (χ3n) is 9.00. The molecule has 0 amide bonds.